The molecule has 2 heterocycles. The Morgan fingerprint density at radius 2 is 1.63 bits per heavy atom. The molecule has 0 radical (unpaired) electrons. The predicted molar refractivity (Wildman–Crippen MR) is 134 cm³/mol. The maximum absolute atomic E-state index is 12.7. The Balaban J connectivity index is 1.29. The summed E-state index contributed by atoms with van der Waals surface area (Å²) in [6, 6.07) is 24.5. The zero-order valence-electron chi connectivity index (χ0n) is 18.8. The van der Waals surface area contributed by atoms with E-state index in [9.17, 15) is 14.4 Å². The van der Waals surface area contributed by atoms with Gasteiger partial charge in [-0.1, -0.05) is 60.7 Å². The molecule has 0 fully saturated rings. The van der Waals surface area contributed by atoms with E-state index in [-0.39, 0.29) is 24.4 Å². The molecule has 2 N–H and O–H groups in total. The van der Waals surface area contributed by atoms with Crippen LogP contribution in [0.2, 0.25) is 0 Å². The lowest BCUT2D eigenvalue weighted by Gasteiger charge is -2.12. The van der Waals surface area contributed by atoms with Crippen LogP contribution in [0.15, 0.2) is 101 Å². The third kappa shape index (κ3) is 4.81. The first kappa shape index (κ1) is 22.1. The molecule has 0 saturated carbocycles. The van der Waals surface area contributed by atoms with E-state index in [1.54, 1.807) is 30.5 Å². The number of fused-ring (bicyclic) bond motifs is 1. The van der Waals surface area contributed by atoms with Gasteiger partial charge in [-0.3, -0.25) is 24.2 Å². The average molecular weight is 466 g/mol. The second-order valence-electron chi connectivity index (χ2n) is 8.21. The summed E-state index contributed by atoms with van der Waals surface area (Å²) in [4.78, 5) is 37.6. The number of rotatable bonds is 7. The van der Waals surface area contributed by atoms with Crippen molar-refractivity contribution >= 4 is 16.7 Å². The summed E-state index contributed by atoms with van der Waals surface area (Å²) in [5.74, 6) is -0.373. The Morgan fingerprint density at radius 3 is 2.40 bits per heavy atom. The molecule has 0 bridgehead atoms. The molecule has 8 nitrogen and oxygen atoms in total. The number of H-pyrrole nitrogens is 1. The van der Waals surface area contributed by atoms with Crippen LogP contribution in [-0.2, 0) is 24.4 Å². The topological polar surface area (TPSA) is 102 Å². The van der Waals surface area contributed by atoms with E-state index in [1.165, 1.54) is 0 Å². The van der Waals surface area contributed by atoms with Crippen molar-refractivity contribution in [2.45, 2.75) is 19.6 Å². The van der Waals surface area contributed by atoms with Gasteiger partial charge in [-0.05, 0) is 40.5 Å². The number of benzene rings is 3. The molecule has 1 amide bonds. The molecule has 3 aromatic carbocycles. The highest BCUT2D eigenvalue weighted by atomic mass is 16.2. The number of nitrogens with one attached hydrogen (secondary N) is 2. The summed E-state index contributed by atoms with van der Waals surface area (Å²) in [5.41, 5.74) is 3.31. The molecule has 0 aliphatic rings. The smallest absolute Gasteiger partial charge is 0.273 e. The van der Waals surface area contributed by atoms with Crippen LogP contribution in [0.3, 0.4) is 0 Å². The second-order valence-corrected chi connectivity index (χ2v) is 8.21. The number of nitrogens with zero attached hydrogens (tertiary/aromatic N) is 3. The van der Waals surface area contributed by atoms with Crippen LogP contribution in [0.5, 0.6) is 0 Å². The van der Waals surface area contributed by atoms with Crippen LogP contribution in [0.4, 0.5) is 0 Å². The minimum Gasteiger partial charge on any atom is -0.350 e. The number of amides is 1. The highest BCUT2D eigenvalue weighted by Gasteiger charge is 2.11. The summed E-state index contributed by atoms with van der Waals surface area (Å²) in [6.07, 6.45) is 3.68. The number of carbonyl (C=O) groups is 1. The van der Waals surface area contributed by atoms with Gasteiger partial charge in [-0.15, -0.1) is 0 Å². The highest BCUT2D eigenvalue weighted by molar-refractivity contribution is 5.81. The number of hydrogen-bond donors (Lipinski definition) is 2. The summed E-state index contributed by atoms with van der Waals surface area (Å²) in [5, 5.41) is 10.2. The summed E-state index contributed by atoms with van der Waals surface area (Å²) < 4.78 is 2.91. The van der Waals surface area contributed by atoms with Gasteiger partial charge in [0.05, 0.1) is 17.3 Å². The lowest BCUT2D eigenvalue weighted by molar-refractivity contribution is -0.122. The third-order valence-corrected chi connectivity index (χ3v) is 5.85. The molecule has 0 aliphatic carbocycles. The monoisotopic (exact) mass is 465 g/mol. The molecule has 0 aliphatic heterocycles. The normalized spacial score (nSPS) is 11.0. The molecule has 2 aromatic heterocycles. The molecule has 0 saturated heterocycles. The fourth-order valence-corrected chi connectivity index (χ4v) is 4.08. The van der Waals surface area contributed by atoms with E-state index >= 15 is 0 Å². The van der Waals surface area contributed by atoms with E-state index < -0.39 is 11.1 Å². The van der Waals surface area contributed by atoms with Crippen LogP contribution in [0, 0.1) is 0 Å². The Bertz CT molecular complexity index is 1600. The maximum atomic E-state index is 12.7. The van der Waals surface area contributed by atoms with E-state index in [0.29, 0.717) is 11.9 Å². The first-order valence-corrected chi connectivity index (χ1v) is 11.2. The van der Waals surface area contributed by atoms with Gasteiger partial charge in [0.1, 0.15) is 6.54 Å². The van der Waals surface area contributed by atoms with Gasteiger partial charge >= 0.3 is 0 Å². The van der Waals surface area contributed by atoms with Crippen molar-refractivity contribution in [2.75, 3.05) is 0 Å². The van der Waals surface area contributed by atoms with E-state index in [2.05, 4.69) is 39.8 Å². The van der Waals surface area contributed by atoms with Crippen molar-refractivity contribution in [3.8, 4) is 11.1 Å². The molecular weight excluding hydrogens is 442 g/mol. The molecular formula is C27H23N5O3. The summed E-state index contributed by atoms with van der Waals surface area (Å²) in [6.45, 7) is 0.709. The molecule has 174 valence electrons. The largest absolute Gasteiger partial charge is 0.350 e. The summed E-state index contributed by atoms with van der Waals surface area (Å²) in [7, 11) is 0. The molecule has 35 heavy (non-hydrogen) atoms. The molecule has 5 aromatic rings. The van der Waals surface area contributed by atoms with Crippen LogP contribution in [-0.4, -0.2) is 25.5 Å². The minimum absolute atomic E-state index is 0.275. The van der Waals surface area contributed by atoms with Gasteiger partial charge in [-0.25, -0.2) is 4.68 Å². The van der Waals surface area contributed by atoms with Crippen LogP contribution < -0.4 is 16.4 Å². The van der Waals surface area contributed by atoms with E-state index in [0.717, 1.165) is 26.9 Å². The van der Waals surface area contributed by atoms with Crippen LogP contribution in [0.1, 0.15) is 11.1 Å². The second kappa shape index (κ2) is 9.64. The molecule has 0 unspecified atom stereocenters. The van der Waals surface area contributed by atoms with Crippen molar-refractivity contribution in [1.29, 1.82) is 0 Å². The van der Waals surface area contributed by atoms with E-state index in [1.807, 2.05) is 41.2 Å². The van der Waals surface area contributed by atoms with Crippen molar-refractivity contribution in [1.82, 2.24) is 24.9 Å². The van der Waals surface area contributed by atoms with Gasteiger partial charge < -0.3 is 5.32 Å². The van der Waals surface area contributed by atoms with Gasteiger partial charge in [0.25, 0.3) is 11.1 Å². The van der Waals surface area contributed by atoms with E-state index in [4.69, 9.17) is 0 Å². The summed E-state index contributed by atoms with van der Waals surface area (Å²) >= 11 is 0. The van der Waals surface area contributed by atoms with Crippen molar-refractivity contribution in [3.05, 3.63) is 123 Å². The minimum atomic E-state index is -0.411. The number of aromatic amines is 1. The Kier molecular flexibility index (Phi) is 6.09. The lowest BCUT2D eigenvalue weighted by atomic mass is 9.98. The SMILES string of the molecule is O=C(Cn1[nH]c(=O)c2ccccc2c1=O)NCc1ccccc1-c1ccc(Cn2cccn2)cc1. The first-order valence-electron chi connectivity index (χ1n) is 11.2. The lowest BCUT2D eigenvalue weighted by Crippen LogP contribution is -2.36. The van der Waals surface area contributed by atoms with Gasteiger partial charge in [0.15, 0.2) is 0 Å². The third-order valence-electron chi connectivity index (χ3n) is 5.85. The quantitative estimate of drug-likeness (QED) is 0.386. The fourth-order valence-electron chi connectivity index (χ4n) is 4.08. The average Bonchev–Trinajstić information content (AvgIpc) is 3.40. The van der Waals surface area contributed by atoms with Crippen molar-refractivity contribution in [2.24, 2.45) is 0 Å². The predicted octanol–water partition coefficient (Wildman–Crippen LogP) is 2.92. The molecule has 0 spiro atoms. The van der Waals surface area contributed by atoms with Crippen molar-refractivity contribution in [3.63, 3.8) is 0 Å². The standard InChI is InChI=1S/C27H23N5O3/c33-25(18-32-27(35)24-9-4-3-8-23(24)26(34)30-32)28-16-21-6-1-2-7-22(21)20-12-10-19(11-13-20)17-31-15-5-14-29-31/h1-15H,16-18H2,(H,28,33)(H,30,34). The van der Waals surface area contributed by atoms with Gasteiger partial charge in [-0.2, -0.15) is 5.10 Å². The number of carbonyl (C=O) groups excluding carboxylic acids is 1. The Labute approximate surface area is 200 Å². The number of hydrogen-bond acceptors (Lipinski definition) is 4. The fraction of sp³-hybridized carbons (Fsp3) is 0.111. The zero-order chi connectivity index (χ0) is 24.2. The van der Waals surface area contributed by atoms with Gasteiger partial charge in [0.2, 0.25) is 5.91 Å². The molecule has 8 heteroatoms. The highest BCUT2D eigenvalue weighted by Crippen LogP contribution is 2.24. The van der Waals surface area contributed by atoms with Crippen LogP contribution >= 0.6 is 0 Å². The van der Waals surface area contributed by atoms with Crippen LogP contribution in [0.25, 0.3) is 21.9 Å². The first-order chi connectivity index (χ1) is 17.1. The molecule has 0 atom stereocenters. The Morgan fingerprint density at radius 1 is 0.886 bits per heavy atom. The maximum Gasteiger partial charge on any atom is 0.273 e. The Hall–Kier alpha value is -4.72. The molecule has 5 rings (SSSR count). The zero-order valence-corrected chi connectivity index (χ0v) is 18.8. The van der Waals surface area contributed by atoms with Crippen molar-refractivity contribution < 1.29 is 4.79 Å². The number of aromatic nitrogens is 4. The van der Waals surface area contributed by atoms with Gasteiger partial charge in [0, 0.05) is 18.9 Å².